The molecule has 2 amide bonds. The lowest BCUT2D eigenvalue weighted by atomic mass is 10.00. The van der Waals surface area contributed by atoms with Crippen LogP contribution in [-0.2, 0) is 0 Å². The van der Waals surface area contributed by atoms with Crippen molar-refractivity contribution < 1.29 is 4.79 Å². The van der Waals surface area contributed by atoms with Crippen LogP contribution in [0.3, 0.4) is 0 Å². The molecule has 2 aromatic rings. The molecule has 0 saturated carbocycles. The summed E-state index contributed by atoms with van der Waals surface area (Å²) >= 11 is 1.39. The number of nitrogens with zero attached hydrogens (tertiary/aromatic N) is 2. The fourth-order valence-electron chi connectivity index (χ4n) is 2.59. The van der Waals surface area contributed by atoms with Gasteiger partial charge in [0.2, 0.25) is 0 Å². The van der Waals surface area contributed by atoms with E-state index in [4.69, 9.17) is 0 Å². The third-order valence-corrected chi connectivity index (χ3v) is 4.75. The van der Waals surface area contributed by atoms with Gasteiger partial charge in [-0.15, -0.1) is 11.3 Å². The van der Waals surface area contributed by atoms with E-state index in [1.165, 1.54) is 11.3 Å². The van der Waals surface area contributed by atoms with Gasteiger partial charge in [-0.2, -0.15) is 0 Å². The predicted octanol–water partition coefficient (Wildman–Crippen LogP) is 2.18. The molecule has 0 aromatic carbocycles. The minimum absolute atomic E-state index is 0.0993. The van der Waals surface area contributed by atoms with Gasteiger partial charge in [0.25, 0.3) is 0 Å². The van der Waals surface area contributed by atoms with E-state index in [1.54, 1.807) is 12.4 Å². The maximum atomic E-state index is 12.1. The second kappa shape index (κ2) is 7.03. The van der Waals surface area contributed by atoms with Crippen LogP contribution in [0, 0.1) is 5.92 Å². The average Bonchev–Trinajstić information content (AvgIpc) is 3.16. The third-order valence-electron chi connectivity index (χ3n) is 3.99. The van der Waals surface area contributed by atoms with Gasteiger partial charge in [-0.05, 0) is 18.6 Å². The van der Waals surface area contributed by atoms with Gasteiger partial charge in [-0.1, -0.05) is 13.8 Å². The lowest BCUT2D eigenvalue weighted by Crippen LogP contribution is -2.48. The summed E-state index contributed by atoms with van der Waals surface area (Å²) in [6.45, 7) is 4.23. The second-order valence-electron chi connectivity index (χ2n) is 5.52. The number of anilines is 1. The summed E-state index contributed by atoms with van der Waals surface area (Å²) in [7, 11) is 0. The molecule has 23 heavy (non-hydrogen) atoms. The van der Waals surface area contributed by atoms with E-state index < -0.39 is 0 Å². The van der Waals surface area contributed by atoms with E-state index in [-0.39, 0.29) is 12.2 Å². The van der Waals surface area contributed by atoms with E-state index in [9.17, 15) is 4.79 Å². The van der Waals surface area contributed by atoms with Crippen LogP contribution in [0.15, 0.2) is 29.9 Å². The van der Waals surface area contributed by atoms with Crippen LogP contribution in [0.2, 0.25) is 0 Å². The van der Waals surface area contributed by atoms with Gasteiger partial charge in [0, 0.05) is 35.3 Å². The molecular formula is C15H20N6OS. The molecule has 1 saturated heterocycles. The van der Waals surface area contributed by atoms with Crippen molar-refractivity contribution in [1.82, 2.24) is 26.1 Å². The summed E-state index contributed by atoms with van der Waals surface area (Å²) < 4.78 is 0. The Morgan fingerprint density at radius 1 is 1.43 bits per heavy atom. The number of hydrogen-bond donors (Lipinski definition) is 4. The normalized spacial score (nSPS) is 23.7. The zero-order chi connectivity index (χ0) is 16.2. The van der Waals surface area contributed by atoms with Crippen molar-refractivity contribution in [3.8, 4) is 11.3 Å². The Labute approximate surface area is 138 Å². The number of hydrazine groups is 1. The number of hydrogen-bond acceptors (Lipinski definition) is 6. The molecule has 3 rings (SSSR count). The number of carbonyl (C=O) groups excluding carboxylic acids is 1. The molecule has 4 N–H and O–H groups in total. The maximum absolute atomic E-state index is 12.1. The zero-order valence-electron chi connectivity index (χ0n) is 13.0. The third kappa shape index (κ3) is 3.66. The van der Waals surface area contributed by atoms with Gasteiger partial charge in [0.1, 0.15) is 0 Å². The molecule has 0 aliphatic carbocycles. The first-order valence-corrected chi connectivity index (χ1v) is 8.50. The number of carbonyl (C=O) groups is 1. The fraction of sp³-hybridized carbons (Fsp3) is 0.400. The van der Waals surface area contributed by atoms with E-state index >= 15 is 0 Å². The SMILES string of the molecule is CCC1NNC(NC(=O)Nc2nc(-c3cccnc3)cs2)C1C. The molecule has 2 aromatic heterocycles. The summed E-state index contributed by atoms with van der Waals surface area (Å²) in [6.07, 6.45) is 4.38. The molecule has 3 atom stereocenters. The number of aromatic nitrogens is 2. The van der Waals surface area contributed by atoms with Crippen molar-refractivity contribution in [2.75, 3.05) is 5.32 Å². The monoisotopic (exact) mass is 332 g/mol. The summed E-state index contributed by atoms with van der Waals surface area (Å²) in [5, 5.41) is 8.17. The van der Waals surface area contributed by atoms with Crippen LogP contribution < -0.4 is 21.5 Å². The molecule has 0 spiro atoms. The average molecular weight is 332 g/mol. The van der Waals surface area contributed by atoms with Gasteiger partial charge < -0.3 is 5.32 Å². The van der Waals surface area contributed by atoms with Crippen molar-refractivity contribution in [3.63, 3.8) is 0 Å². The summed E-state index contributed by atoms with van der Waals surface area (Å²) in [5.74, 6) is 0.313. The lowest BCUT2D eigenvalue weighted by molar-refractivity contribution is 0.243. The minimum atomic E-state index is -0.264. The molecule has 0 bridgehead atoms. The number of pyridine rings is 1. The van der Waals surface area contributed by atoms with Gasteiger partial charge >= 0.3 is 6.03 Å². The van der Waals surface area contributed by atoms with Gasteiger partial charge in [-0.25, -0.2) is 15.2 Å². The summed E-state index contributed by atoms with van der Waals surface area (Å²) in [6, 6.07) is 3.89. The molecule has 122 valence electrons. The Hall–Kier alpha value is -2.03. The molecular weight excluding hydrogens is 312 g/mol. The summed E-state index contributed by atoms with van der Waals surface area (Å²) in [5.41, 5.74) is 8.03. The van der Waals surface area contributed by atoms with E-state index in [0.717, 1.165) is 17.7 Å². The highest BCUT2D eigenvalue weighted by molar-refractivity contribution is 7.14. The molecule has 3 heterocycles. The molecule has 1 aliphatic heterocycles. The summed E-state index contributed by atoms with van der Waals surface area (Å²) in [4.78, 5) is 20.6. The first-order chi connectivity index (χ1) is 11.2. The quantitative estimate of drug-likeness (QED) is 0.689. The largest absolute Gasteiger partial charge is 0.322 e. The Balaban J connectivity index is 1.58. The van der Waals surface area contributed by atoms with Gasteiger partial charge in [-0.3, -0.25) is 15.7 Å². The highest BCUT2D eigenvalue weighted by Crippen LogP contribution is 2.24. The smallest absolute Gasteiger partial charge is 0.321 e. The Kier molecular flexibility index (Phi) is 4.85. The second-order valence-corrected chi connectivity index (χ2v) is 6.38. The Morgan fingerprint density at radius 2 is 2.30 bits per heavy atom. The van der Waals surface area contributed by atoms with Gasteiger partial charge in [0.05, 0.1) is 11.9 Å². The minimum Gasteiger partial charge on any atom is -0.321 e. The zero-order valence-corrected chi connectivity index (χ0v) is 13.9. The van der Waals surface area contributed by atoms with Crippen molar-refractivity contribution in [2.45, 2.75) is 32.5 Å². The molecule has 1 aliphatic rings. The van der Waals surface area contributed by atoms with Crippen LogP contribution in [0.5, 0.6) is 0 Å². The van der Waals surface area contributed by atoms with E-state index in [0.29, 0.717) is 17.1 Å². The highest BCUT2D eigenvalue weighted by atomic mass is 32.1. The Bertz CT molecular complexity index is 661. The number of urea groups is 1. The first-order valence-electron chi connectivity index (χ1n) is 7.62. The fourth-order valence-corrected chi connectivity index (χ4v) is 3.30. The van der Waals surface area contributed by atoms with E-state index in [2.05, 4.69) is 45.3 Å². The van der Waals surface area contributed by atoms with Crippen LogP contribution in [0.25, 0.3) is 11.3 Å². The van der Waals surface area contributed by atoms with Crippen LogP contribution in [0.4, 0.5) is 9.93 Å². The molecule has 8 heteroatoms. The maximum Gasteiger partial charge on any atom is 0.322 e. The van der Waals surface area contributed by atoms with Crippen molar-refractivity contribution >= 4 is 22.5 Å². The van der Waals surface area contributed by atoms with Crippen LogP contribution in [-0.4, -0.2) is 28.2 Å². The number of thiazole rings is 1. The van der Waals surface area contributed by atoms with Crippen molar-refractivity contribution in [1.29, 1.82) is 0 Å². The Morgan fingerprint density at radius 3 is 3.00 bits per heavy atom. The van der Waals surface area contributed by atoms with Crippen LogP contribution >= 0.6 is 11.3 Å². The number of nitrogens with one attached hydrogen (secondary N) is 4. The topological polar surface area (TPSA) is 91.0 Å². The molecule has 3 unspecified atom stereocenters. The predicted molar refractivity (Wildman–Crippen MR) is 90.8 cm³/mol. The van der Waals surface area contributed by atoms with E-state index in [1.807, 2.05) is 17.5 Å². The van der Waals surface area contributed by atoms with Crippen LogP contribution in [0.1, 0.15) is 20.3 Å². The van der Waals surface area contributed by atoms with Crippen molar-refractivity contribution in [2.24, 2.45) is 5.92 Å². The first kappa shape index (κ1) is 15.9. The molecule has 0 radical (unpaired) electrons. The van der Waals surface area contributed by atoms with Gasteiger partial charge in [0.15, 0.2) is 5.13 Å². The number of amides is 2. The lowest BCUT2D eigenvalue weighted by Gasteiger charge is -2.18. The number of rotatable bonds is 4. The molecule has 7 nitrogen and oxygen atoms in total. The molecule has 1 fully saturated rings. The van der Waals surface area contributed by atoms with Crippen molar-refractivity contribution in [3.05, 3.63) is 29.9 Å². The standard InChI is InChI=1S/C15H20N6OS/c1-3-11-9(2)13(21-20-11)18-14(22)19-15-17-12(8-23-15)10-5-4-6-16-7-10/h4-9,11,13,20-21H,3H2,1-2H3,(H2,17,18,19,22). The highest BCUT2D eigenvalue weighted by Gasteiger charge is 2.32.